The number of aliphatic hydroxyl groups is 1. The van der Waals surface area contributed by atoms with Crippen LogP contribution in [0.5, 0.6) is 0 Å². The number of carbonyl (C=O) groups excluding carboxylic acids is 1. The van der Waals surface area contributed by atoms with Gasteiger partial charge in [0.05, 0.1) is 6.10 Å². The van der Waals surface area contributed by atoms with Crippen LogP contribution in [0.3, 0.4) is 0 Å². The van der Waals surface area contributed by atoms with Crippen LogP contribution in [-0.4, -0.2) is 36.8 Å². The van der Waals surface area contributed by atoms with Crippen LogP contribution in [-0.2, 0) is 4.79 Å². The van der Waals surface area contributed by atoms with Crippen molar-refractivity contribution in [3.63, 3.8) is 0 Å². The van der Waals surface area contributed by atoms with E-state index in [2.05, 4.69) is 10.6 Å². The van der Waals surface area contributed by atoms with Gasteiger partial charge in [-0.3, -0.25) is 4.79 Å². The van der Waals surface area contributed by atoms with E-state index < -0.39 is 0 Å². The van der Waals surface area contributed by atoms with Crippen LogP contribution in [0, 0.1) is 5.92 Å². The Morgan fingerprint density at radius 2 is 2.20 bits per heavy atom. The predicted molar refractivity (Wildman–Crippen MR) is 59.5 cm³/mol. The minimum Gasteiger partial charge on any atom is -0.391 e. The summed E-state index contributed by atoms with van der Waals surface area (Å²) >= 11 is 0. The highest BCUT2D eigenvalue weighted by Crippen LogP contribution is 2.11. The second kappa shape index (κ2) is 6.80. The summed E-state index contributed by atoms with van der Waals surface area (Å²) in [4.78, 5) is 11.7. The van der Waals surface area contributed by atoms with Gasteiger partial charge in [-0.1, -0.05) is 13.3 Å². The highest BCUT2D eigenvalue weighted by Gasteiger charge is 2.20. The van der Waals surface area contributed by atoms with Gasteiger partial charge in [-0.05, 0) is 32.4 Å². The van der Waals surface area contributed by atoms with Gasteiger partial charge in [-0.25, -0.2) is 0 Å². The molecular weight excluding hydrogens is 192 g/mol. The van der Waals surface area contributed by atoms with E-state index in [1.54, 1.807) is 0 Å². The third kappa shape index (κ3) is 4.62. The first-order valence-corrected chi connectivity index (χ1v) is 5.90. The van der Waals surface area contributed by atoms with Crippen molar-refractivity contribution in [3.8, 4) is 0 Å². The third-order valence-corrected chi connectivity index (χ3v) is 2.84. The number of rotatable bonds is 5. The largest absolute Gasteiger partial charge is 0.391 e. The topological polar surface area (TPSA) is 61.4 Å². The van der Waals surface area contributed by atoms with E-state index in [-0.39, 0.29) is 17.9 Å². The van der Waals surface area contributed by atoms with E-state index in [0.717, 1.165) is 38.8 Å². The fraction of sp³-hybridized carbons (Fsp3) is 0.909. The number of amides is 1. The van der Waals surface area contributed by atoms with Crippen molar-refractivity contribution in [2.45, 2.75) is 38.7 Å². The summed E-state index contributed by atoms with van der Waals surface area (Å²) < 4.78 is 0. The van der Waals surface area contributed by atoms with Crippen LogP contribution in [0.1, 0.15) is 32.6 Å². The molecule has 4 nitrogen and oxygen atoms in total. The van der Waals surface area contributed by atoms with E-state index in [9.17, 15) is 9.90 Å². The molecule has 0 bridgehead atoms. The Bertz CT molecular complexity index is 191. The molecule has 1 fully saturated rings. The fourth-order valence-corrected chi connectivity index (χ4v) is 1.88. The average molecular weight is 214 g/mol. The standard InChI is InChI=1S/C11H22N2O2/c1-2-3-10(14)8-13-11(15)9-4-6-12-7-5-9/h9-10,12,14H,2-8H2,1H3,(H,13,15). The number of piperidine rings is 1. The van der Waals surface area contributed by atoms with Crippen molar-refractivity contribution in [1.29, 1.82) is 0 Å². The molecule has 1 amide bonds. The summed E-state index contributed by atoms with van der Waals surface area (Å²) in [5.74, 6) is 0.242. The van der Waals surface area contributed by atoms with Gasteiger partial charge in [0, 0.05) is 12.5 Å². The summed E-state index contributed by atoms with van der Waals surface area (Å²) in [6.45, 7) is 4.28. The maximum atomic E-state index is 11.7. The molecule has 1 heterocycles. The van der Waals surface area contributed by atoms with E-state index in [0.29, 0.717) is 6.54 Å². The van der Waals surface area contributed by atoms with Crippen molar-refractivity contribution in [2.24, 2.45) is 5.92 Å². The third-order valence-electron chi connectivity index (χ3n) is 2.84. The molecule has 1 atom stereocenters. The molecular formula is C11H22N2O2. The van der Waals surface area contributed by atoms with Gasteiger partial charge in [0.1, 0.15) is 0 Å². The number of nitrogens with one attached hydrogen (secondary N) is 2. The van der Waals surface area contributed by atoms with Crippen molar-refractivity contribution in [1.82, 2.24) is 10.6 Å². The Labute approximate surface area is 91.4 Å². The number of hydrogen-bond donors (Lipinski definition) is 3. The van der Waals surface area contributed by atoms with Gasteiger partial charge in [0.25, 0.3) is 0 Å². The Hall–Kier alpha value is -0.610. The normalized spacial score (nSPS) is 19.9. The molecule has 0 aromatic carbocycles. The van der Waals surface area contributed by atoms with E-state index >= 15 is 0 Å². The Morgan fingerprint density at radius 3 is 2.80 bits per heavy atom. The predicted octanol–water partition coefficient (Wildman–Crippen LogP) is 0.263. The molecule has 1 aliphatic rings. The van der Waals surface area contributed by atoms with Crippen LogP contribution in [0.2, 0.25) is 0 Å². The second-order valence-electron chi connectivity index (χ2n) is 4.21. The molecule has 88 valence electrons. The molecule has 1 unspecified atom stereocenters. The molecule has 3 N–H and O–H groups in total. The molecule has 1 aliphatic heterocycles. The zero-order chi connectivity index (χ0) is 11.1. The van der Waals surface area contributed by atoms with E-state index in [1.807, 2.05) is 6.92 Å². The van der Waals surface area contributed by atoms with Gasteiger partial charge in [-0.2, -0.15) is 0 Å². The van der Waals surface area contributed by atoms with Crippen LogP contribution in [0.25, 0.3) is 0 Å². The van der Waals surface area contributed by atoms with Crippen LogP contribution < -0.4 is 10.6 Å². The molecule has 0 aromatic rings. The quantitative estimate of drug-likeness (QED) is 0.615. The van der Waals surface area contributed by atoms with Gasteiger partial charge in [-0.15, -0.1) is 0 Å². The molecule has 4 heteroatoms. The lowest BCUT2D eigenvalue weighted by molar-refractivity contribution is -0.126. The van der Waals surface area contributed by atoms with Gasteiger partial charge in [0.15, 0.2) is 0 Å². The van der Waals surface area contributed by atoms with Crippen molar-refractivity contribution in [2.75, 3.05) is 19.6 Å². The number of hydrogen-bond acceptors (Lipinski definition) is 3. The molecule has 15 heavy (non-hydrogen) atoms. The monoisotopic (exact) mass is 214 g/mol. The molecule has 1 saturated heterocycles. The summed E-state index contributed by atoms with van der Waals surface area (Å²) in [6.07, 6.45) is 3.14. The molecule has 0 saturated carbocycles. The lowest BCUT2D eigenvalue weighted by Gasteiger charge is -2.22. The smallest absolute Gasteiger partial charge is 0.223 e. The first kappa shape index (κ1) is 12.5. The molecule has 0 radical (unpaired) electrons. The number of carbonyl (C=O) groups is 1. The Morgan fingerprint density at radius 1 is 1.53 bits per heavy atom. The second-order valence-corrected chi connectivity index (χ2v) is 4.21. The van der Waals surface area contributed by atoms with Crippen molar-refractivity contribution >= 4 is 5.91 Å². The lowest BCUT2D eigenvalue weighted by atomic mass is 9.97. The first-order valence-electron chi connectivity index (χ1n) is 5.90. The van der Waals surface area contributed by atoms with Gasteiger partial charge in [0.2, 0.25) is 5.91 Å². The number of aliphatic hydroxyl groups excluding tert-OH is 1. The lowest BCUT2D eigenvalue weighted by Crippen LogP contribution is -2.40. The zero-order valence-electron chi connectivity index (χ0n) is 9.46. The maximum Gasteiger partial charge on any atom is 0.223 e. The summed E-state index contributed by atoms with van der Waals surface area (Å²) in [6, 6.07) is 0. The molecule has 0 aromatic heterocycles. The minimum atomic E-state index is -0.388. The SMILES string of the molecule is CCCC(O)CNC(=O)C1CCNCC1. The zero-order valence-corrected chi connectivity index (χ0v) is 9.46. The summed E-state index contributed by atoms with van der Waals surface area (Å²) in [5, 5.41) is 15.5. The van der Waals surface area contributed by atoms with Crippen LogP contribution in [0.15, 0.2) is 0 Å². The van der Waals surface area contributed by atoms with Gasteiger partial charge < -0.3 is 15.7 Å². The molecule has 0 spiro atoms. The van der Waals surface area contributed by atoms with Gasteiger partial charge >= 0.3 is 0 Å². The van der Waals surface area contributed by atoms with Crippen LogP contribution in [0.4, 0.5) is 0 Å². The molecule has 0 aliphatic carbocycles. The van der Waals surface area contributed by atoms with Crippen LogP contribution >= 0.6 is 0 Å². The molecule has 1 rings (SSSR count). The Balaban J connectivity index is 2.16. The van der Waals surface area contributed by atoms with Crippen molar-refractivity contribution in [3.05, 3.63) is 0 Å². The summed E-state index contributed by atoms with van der Waals surface area (Å²) in [5.41, 5.74) is 0. The highest BCUT2D eigenvalue weighted by atomic mass is 16.3. The minimum absolute atomic E-state index is 0.103. The average Bonchev–Trinajstić information content (AvgIpc) is 2.27. The van der Waals surface area contributed by atoms with Crippen molar-refractivity contribution < 1.29 is 9.90 Å². The van der Waals surface area contributed by atoms with E-state index in [4.69, 9.17) is 0 Å². The summed E-state index contributed by atoms with van der Waals surface area (Å²) in [7, 11) is 0. The highest BCUT2D eigenvalue weighted by molar-refractivity contribution is 5.78. The Kier molecular flexibility index (Phi) is 5.65. The van der Waals surface area contributed by atoms with E-state index in [1.165, 1.54) is 0 Å². The maximum absolute atomic E-state index is 11.7. The fourth-order valence-electron chi connectivity index (χ4n) is 1.88. The first-order chi connectivity index (χ1) is 7.24.